The van der Waals surface area contributed by atoms with Crippen LogP contribution in [0.1, 0.15) is 37.0 Å². The number of hydrogen-bond acceptors (Lipinski definition) is 9. The zero-order chi connectivity index (χ0) is 24.8. The smallest absolute Gasteiger partial charge is 0.240 e. The van der Waals surface area contributed by atoms with Gasteiger partial charge in [-0.1, -0.05) is 44.2 Å². The second-order valence-electron chi connectivity index (χ2n) is 8.48. The highest BCUT2D eigenvalue weighted by atomic mass is 17.2. The lowest BCUT2D eigenvalue weighted by Gasteiger charge is -2.19. The fraction of sp³-hybridized carbons (Fsp3) is 0.280. The van der Waals surface area contributed by atoms with E-state index in [9.17, 15) is 10.1 Å². The monoisotopic (exact) mass is 474 g/mol. The summed E-state index contributed by atoms with van der Waals surface area (Å²) in [4.78, 5) is 31.0. The maximum absolute atomic E-state index is 12.0. The molecule has 1 atom stereocenters. The molecule has 0 saturated heterocycles. The van der Waals surface area contributed by atoms with Gasteiger partial charge in [0.2, 0.25) is 17.7 Å². The number of nitrogens with one attached hydrogen (secondary N) is 2. The van der Waals surface area contributed by atoms with Gasteiger partial charge in [0.15, 0.2) is 17.1 Å². The molecule has 0 fully saturated rings. The summed E-state index contributed by atoms with van der Waals surface area (Å²) in [6.45, 7) is 4.48. The molecule has 10 heteroatoms. The zero-order valence-electron chi connectivity index (χ0n) is 19.4. The maximum Gasteiger partial charge on any atom is 0.240 e. The molecule has 35 heavy (non-hydrogen) atoms. The van der Waals surface area contributed by atoms with Gasteiger partial charge in [0.1, 0.15) is 25.3 Å². The first-order valence-electron chi connectivity index (χ1n) is 11.2. The number of primary amides is 1. The molecule has 0 spiro atoms. The van der Waals surface area contributed by atoms with Crippen LogP contribution in [0.3, 0.4) is 0 Å². The van der Waals surface area contributed by atoms with Gasteiger partial charge in [0, 0.05) is 11.3 Å². The average molecular weight is 475 g/mol. The van der Waals surface area contributed by atoms with Gasteiger partial charge < -0.3 is 26.0 Å². The highest BCUT2D eigenvalue weighted by Crippen LogP contribution is 2.32. The van der Waals surface area contributed by atoms with E-state index in [1.165, 1.54) is 0 Å². The number of fused-ring (bicyclic) bond motifs is 1. The number of carbonyl (C=O) groups is 1. The van der Waals surface area contributed by atoms with E-state index >= 15 is 0 Å². The van der Waals surface area contributed by atoms with Crippen molar-refractivity contribution in [3.63, 3.8) is 0 Å². The van der Waals surface area contributed by atoms with E-state index < -0.39 is 11.9 Å². The van der Waals surface area contributed by atoms with Crippen molar-refractivity contribution in [2.24, 2.45) is 11.7 Å². The Morgan fingerprint density at radius 1 is 1.23 bits per heavy atom. The summed E-state index contributed by atoms with van der Waals surface area (Å²) >= 11 is 0. The first-order valence-corrected chi connectivity index (χ1v) is 11.2. The van der Waals surface area contributed by atoms with Crippen molar-refractivity contribution in [2.75, 3.05) is 10.6 Å². The number of nitriles is 1. The predicted octanol–water partition coefficient (Wildman–Crippen LogP) is 3.81. The van der Waals surface area contributed by atoms with Gasteiger partial charge >= 0.3 is 0 Å². The van der Waals surface area contributed by atoms with Crippen LogP contribution in [0.5, 0.6) is 11.6 Å². The molecule has 0 unspecified atom stereocenters. The molecule has 4 rings (SSSR count). The van der Waals surface area contributed by atoms with Gasteiger partial charge in [0.05, 0.1) is 0 Å². The summed E-state index contributed by atoms with van der Waals surface area (Å²) in [6.07, 6.45) is 0.493. The number of nitrogens with two attached hydrogens (primary N) is 1. The van der Waals surface area contributed by atoms with E-state index in [1.54, 1.807) is 12.1 Å². The molecule has 1 aliphatic heterocycles. The second kappa shape index (κ2) is 10.7. The molecule has 1 aromatic heterocycles. The lowest BCUT2D eigenvalue weighted by Crippen LogP contribution is -2.37. The van der Waals surface area contributed by atoms with Gasteiger partial charge in [0.25, 0.3) is 0 Å². The molecule has 3 aromatic rings. The second-order valence-corrected chi connectivity index (χ2v) is 8.48. The van der Waals surface area contributed by atoms with Crippen LogP contribution >= 0.6 is 0 Å². The molecule has 0 radical (unpaired) electrons. The number of rotatable bonds is 10. The highest BCUT2D eigenvalue weighted by Gasteiger charge is 2.22. The summed E-state index contributed by atoms with van der Waals surface area (Å²) in [5.41, 5.74) is 8.15. The lowest BCUT2D eigenvalue weighted by molar-refractivity contribution is -0.194. The minimum Gasteiger partial charge on any atom is -0.472 e. The Kier molecular flexibility index (Phi) is 7.28. The Labute approximate surface area is 203 Å². The summed E-state index contributed by atoms with van der Waals surface area (Å²) in [7, 11) is 0. The predicted molar refractivity (Wildman–Crippen MR) is 129 cm³/mol. The van der Waals surface area contributed by atoms with Crippen molar-refractivity contribution >= 4 is 23.4 Å². The third-order valence-electron chi connectivity index (χ3n) is 5.25. The number of aromatic nitrogens is 2. The third kappa shape index (κ3) is 5.96. The number of ether oxygens (including phenoxy) is 1. The lowest BCUT2D eigenvalue weighted by atomic mass is 10.0. The summed E-state index contributed by atoms with van der Waals surface area (Å²) in [5, 5.41) is 16.1. The molecule has 10 nitrogen and oxygen atoms in total. The fourth-order valence-corrected chi connectivity index (χ4v) is 3.54. The van der Waals surface area contributed by atoms with Crippen molar-refractivity contribution in [3.8, 4) is 17.7 Å². The number of hydrogen-bond donors (Lipinski definition) is 3. The minimum absolute atomic E-state index is 0.0805. The van der Waals surface area contributed by atoms with Gasteiger partial charge in [-0.3, -0.25) is 4.79 Å². The Morgan fingerprint density at radius 3 is 2.74 bits per heavy atom. The Bertz CT molecular complexity index is 1240. The van der Waals surface area contributed by atoms with E-state index in [1.807, 2.05) is 50.2 Å². The van der Waals surface area contributed by atoms with Crippen LogP contribution in [0.15, 0.2) is 48.5 Å². The number of anilines is 3. The van der Waals surface area contributed by atoms with Crippen LogP contribution in [0.25, 0.3) is 0 Å². The molecule has 0 aliphatic carbocycles. The van der Waals surface area contributed by atoms with E-state index in [0.717, 1.165) is 11.1 Å². The molecular weight excluding hydrogens is 448 g/mol. The van der Waals surface area contributed by atoms with E-state index in [2.05, 4.69) is 26.7 Å². The number of carbonyl (C=O) groups excluding carboxylic acids is 1. The normalized spacial score (nSPS) is 12.9. The molecule has 1 aliphatic rings. The molecule has 180 valence electrons. The molecule has 1 amide bonds. The van der Waals surface area contributed by atoms with Crippen molar-refractivity contribution in [2.45, 2.75) is 39.5 Å². The topological polar surface area (TPSA) is 144 Å². The molecule has 4 N–H and O–H groups in total. The molecular formula is C25H26N6O4. The standard InChI is InChI=1S/C25H26N6O4/c1-15(2)10-20(22(27)32)29-25-30-23(28-18-8-9-21-17(11-18)14-34-35-21)19(12-26)24(31-25)33-13-16-6-4-3-5-7-16/h3-9,11,15,20H,10,13-14H2,1-2H3,(H2,27,32)(H2,28,29,30,31)/t20-/m1/s1. The molecule has 0 bridgehead atoms. The first kappa shape index (κ1) is 23.8. The van der Waals surface area contributed by atoms with Crippen LogP contribution in [-0.4, -0.2) is 21.9 Å². The largest absolute Gasteiger partial charge is 0.472 e. The van der Waals surface area contributed by atoms with Crippen molar-refractivity contribution in [1.82, 2.24) is 9.97 Å². The minimum atomic E-state index is -0.688. The van der Waals surface area contributed by atoms with Gasteiger partial charge in [-0.15, -0.1) is 0 Å². The van der Waals surface area contributed by atoms with Crippen LogP contribution in [0.2, 0.25) is 0 Å². The van der Waals surface area contributed by atoms with E-state index in [-0.39, 0.29) is 35.7 Å². The van der Waals surface area contributed by atoms with E-state index in [0.29, 0.717) is 24.5 Å². The average Bonchev–Trinajstić information content (AvgIpc) is 3.30. The molecule has 0 saturated carbocycles. The van der Waals surface area contributed by atoms with Crippen molar-refractivity contribution < 1.29 is 19.3 Å². The maximum atomic E-state index is 12.0. The summed E-state index contributed by atoms with van der Waals surface area (Å²) in [6, 6.07) is 16.3. The first-order chi connectivity index (χ1) is 16.9. The van der Waals surface area contributed by atoms with E-state index in [4.69, 9.17) is 20.2 Å². The fourth-order valence-electron chi connectivity index (χ4n) is 3.54. The van der Waals surface area contributed by atoms with Crippen LogP contribution in [0, 0.1) is 17.2 Å². The van der Waals surface area contributed by atoms with Gasteiger partial charge in [-0.2, -0.15) is 20.1 Å². The number of benzene rings is 2. The molecule has 2 aromatic carbocycles. The van der Waals surface area contributed by atoms with Crippen LogP contribution in [0.4, 0.5) is 17.5 Å². The number of nitrogens with zero attached hydrogens (tertiary/aromatic N) is 3. The van der Waals surface area contributed by atoms with Gasteiger partial charge in [-0.05, 0) is 36.1 Å². The third-order valence-corrected chi connectivity index (χ3v) is 5.25. The Balaban J connectivity index is 1.68. The SMILES string of the molecule is CC(C)C[C@@H](Nc1nc(Nc2ccc3c(c2)COO3)c(C#N)c(OCc2ccccc2)n1)C(N)=O. The highest BCUT2D eigenvalue weighted by molar-refractivity contribution is 5.82. The van der Waals surface area contributed by atoms with Crippen LogP contribution < -0.4 is 26.0 Å². The zero-order valence-corrected chi connectivity index (χ0v) is 19.4. The van der Waals surface area contributed by atoms with Crippen molar-refractivity contribution in [3.05, 3.63) is 65.2 Å². The summed E-state index contributed by atoms with van der Waals surface area (Å²) in [5.74, 6) is 0.738. The van der Waals surface area contributed by atoms with Crippen molar-refractivity contribution in [1.29, 1.82) is 5.26 Å². The van der Waals surface area contributed by atoms with Crippen LogP contribution in [-0.2, 0) is 22.9 Å². The Morgan fingerprint density at radius 2 is 2.03 bits per heavy atom. The summed E-state index contributed by atoms with van der Waals surface area (Å²) < 4.78 is 5.92. The quantitative estimate of drug-likeness (QED) is 0.374. The van der Waals surface area contributed by atoms with Gasteiger partial charge in [-0.25, -0.2) is 0 Å². The molecule has 2 heterocycles. The number of amides is 1. The Hall–Kier alpha value is -4.36.